The van der Waals surface area contributed by atoms with Gasteiger partial charge in [0.1, 0.15) is 17.9 Å². The maximum Gasteiger partial charge on any atom is 0.342 e. The number of ether oxygens (including phenoxy) is 2. The third kappa shape index (κ3) is 5.29. The molecule has 0 saturated heterocycles. The molecule has 29 heavy (non-hydrogen) atoms. The largest absolute Gasteiger partial charge is 0.493 e. The van der Waals surface area contributed by atoms with Crippen molar-refractivity contribution in [2.24, 2.45) is 5.92 Å². The first-order chi connectivity index (χ1) is 14.0. The van der Waals surface area contributed by atoms with E-state index in [1.165, 1.54) is 13.4 Å². The predicted molar refractivity (Wildman–Crippen MR) is 108 cm³/mol. The number of methoxy groups -OCH3 is 1. The summed E-state index contributed by atoms with van der Waals surface area (Å²) in [5.41, 5.74) is 1.73. The number of aliphatic hydroxyl groups excluding tert-OH is 1. The van der Waals surface area contributed by atoms with E-state index in [1.807, 2.05) is 12.1 Å². The molecule has 158 valence electrons. The molecule has 2 N–H and O–H groups in total. The summed E-state index contributed by atoms with van der Waals surface area (Å²) >= 11 is 0. The summed E-state index contributed by atoms with van der Waals surface area (Å²) in [5.74, 6) is 0.666. The first-order valence-electron chi connectivity index (χ1n) is 10.2. The van der Waals surface area contributed by atoms with Gasteiger partial charge in [-0.3, -0.25) is 4.79 Å². The van der Waals surface area contributed by atoms with Crippen molar-refractivity contribution in [2.75, 3.05) is 20.3 Å². The summed E-state index contributed by atoms with van der Waals surface area (Å²) in [6.45, 7) is 2.37. The number of hydrogen-bond donors (Lipinski definition) is 2. The monoisotopic (exact) mass is 403 g/mol. The van der Waals surface area contributed by atoms with E-state index < -0.39 is 0 Å². The minimum absolute atomic E-state index is 0.0519. The quantitative estimate of drug-likeness (QED) is 0.657. The lowest BCUT2D eigenvalue weighted by Gasteiger charge is -2.25. The van der Waals surface area contributed by atoms with Crippen LogP contribution in [0.25, 0.3) is 11.0 Å². The van der Waals surface area contributed by atoms with Gasteiger partial charge in [-0.15, -0.1) is 0 Å². The van der Waals surface area contributed by atoms with Crippen molar-refractivity contribution in [3.8, 4) is 5.75 Å². The lowest BCUT2D eigenvalue weighted by atomic mass is 9.89. The fraction of sp³-hybridized carbons (Fsp3) is 0.545. The summed E-state index contributed by atoms with van der Waals surface area (Å²) in [6, 6.07) is 3.66. The summed E-state index contributed by atoms with van der Waals surface area (Å²) in [4.78, 5) is 24.6. The van der Waals surface area contributed by atoms with E-state index >= 15 is 0 Å². The molecular formula is C22H29NO6. The van der Waals surface area contributed by atoms with E-state index in [0.29, 0.717) is 34.6 Å². The van der Waals surface area contributed by atoms with Crippen LogP contribution in [0.1, 0.15) is 54.9 Å². The Bertz CT molecular complexity index is 850. The molecule has 7 nitrogen and oxygen atoms in total. The second-order valence-electron chi connectivity index (χ2n) is 7.68. The molecule has 0 radical (unpaired) electrons. The highest BCUT2D eigenvalue weighted by Crippen LogP contribution is 2.33. The molecule has 1 saturated carbocycles. The van der Waals surface area contributed by atoms with E-state index in [4.69, 9.17) is 19.0 Å². The van der Waals surface area contributed by atoms with Gasteiger partial charge in [-0.1, -0.05) is 6.92 Å². The second-order valence-corrected chi connectivity index (χ2v) is 7.68. The fourth-order valence-corrected chi connectivity index (χ4v) is 3.72. The number of aliphatic hydroxyl groups is 1. The van der Waals surface area contributed by atoms with Crippen LogP contribution < -0.4 is 10.1 Å². The molecule has 0 bridgehead atoms. The minimum atomic E-state index is -0.386. The molecule has 0 atom stereocenters. The van der Waals surface area contributed by atoms with Crippen LogP contribution >= 0.6 is 0 Å². The van der Waals surface area contributed by atoms with Gasteiger partial charge < -0.3 is 24.3 Å². The average molecular weight is 403 g/mol. The van der Waals surface area contributed by atoms with Gasteiger partial charge in [-0.25, -0.2) is 4.79 Å². The van der Waals surface area contributed by atoms with Crippen molar-refractivity contribution in [3.63, 3.8) is 0 Å². The zero-order chi connectivity index (χ0) is 20.8. The maximum atomic E-state index is 12.8. The third-order valence-electron chi connectivity index (χ3n) is 5.45. The second kappa shape index (κ2) is 9.78. The normalized spacial score (nSPS) is 19.1. The van der Waals surface area contributed by atoms with Gasteiger partial charge in [0, 0.05) is 18.4 Å². The van der Waals surface area contributed by atoms with E-state index in [-0.39, 0.29) is 37.6 Å². The van der Waals surface area contributed by atoms with Crippen molar-refractivity contribution in [1.29, 1.82) is 0 Å². The molecule has 1 fully saturated rings. The number of furan rings is 1. The number of rotatable bonds is 8. The highest BCUT2D eigenvalue weighted by atomic mass is 16.5. The number of nitrogens with one attached hydrogen (secondary N) is 1. The van der Waals surface area contributed by atoms with Gasteiger partial charge in [0.25, 0.3) is 0 Å². The molecule has 1 aliphatic carbocycles. The molecule has 0 unspecified atom stereocenters. The smallest absolute Gasteiger partial charge is 0.342 e. The number of aryl methyl sites for hydroxylation is 1. The Morgan fingerprint density at radius 1 is 1.24 bits per heavy atom. The Morgan fingerprint density at radius 2 is 2.00 bits per heavy atom. The van der Waals surface area contributed by atoms with Gasteiger partial charge >= 0.3 is 5.97 Å². The number of amides is 1. The first kappa shape index (κ1) is 21.2. The Balaban J connectivity index is 1.76. The molecule has 1 aromatic carbocycles. The lowest BCUT2D eigenvalue weighted by molar-refractivity contribution is -0.121. The van der Waals surface area contributed by atoms with Crippen LogP contribution in [0.4, 0.5) is 0 Å². The number of fused-ring (bicyclic) bond motifs is 1. The van der Waals surface area contributed by atoms with E-state index in [9.17, 15) is 9.59 Å². The van der Waals surface area contributed by atoms with Crippen LogP contribution in [0.5, 0.6) is 5.75 Å². The lowest BCUT2D eigenvalue weighted by Crippen LogP contribution is -2.26. The standard InChI is InChI=1S/C22H29NO6/c1-14-3-6-16(7-4-14)29-22(26)18-13-28-21-17(18)11-15(12-19(21)27-2)5-8-20(25)23-9-10-24/h11-14,16,24H,3-10H2,1-2H3,(H,23,25). The zero-order valence-electron chi connectivity index (χ0n) is 17.0. The van der Waals surface area contributed by atoms with Gasteiger partial charge in [0.15, 0.2) is 11.3 Å². The summed E-state index contributed by atoms with van der Waals surface area (Å²) < 4.78 is 16.7. The molecular weight excluding hydrogens is 374 g/mol. The topological polar surface area (TPSA) is 98.0 Å². The number of carbonyl (C=O) groups is 2. The summed E-state index contributed by atoms with van der Waals surface area (Å²) in [7, 11) is 1.54. The summed E-state index contributed by atoms with van der Waals surface area (Å²) in [5, 5.41) is 12.0. The SMILES string of the molecule is COc1cc(CCC(=O)NCCO)cc2c(C(=O)OC3CCC(C)CC3)coc12. The first-order valence-corrected chi connectivity index (χ1v) is 10.2. The Morgan fingerprint density at radius 3 is 2.69 bits per heavy atom. The van der Waals surface area contributed by atoms with Crippen LogP contribution in [0, 0.1) is 5.92 Å². The zero-order valence-corrected chi connectivity index (χ0v) is 17.0. The van der Waals surface area contributed by atoms with Gasteiger partial charge in [0.2, 0.25) is 5.91 Å². The maximum absolute atomic E-state index is 12.8. The highest BCUT2D eigenvalue weighted by molar-refractivity contribution is 6.04. The molecule has 0 aliphatic heterocycles. The molecule has 1 heterocycles. The van der Waals surface area contributed by atoms with E-state index in [1.54, 1.807) is 0 Å². The van der Waals surface area contributed by atoms with Crippen LogP contribution in [0.15, 0.2) is 22.8 Å². The number of hydrogen-bond acceptors (Lipinski definition) is 6. The molecule has 1 aromatic heterocycles. The average Bonchev–Trinajstić information content (AvgIpc) is 3.16. The molecule has 0 spiro atoms. The van der Waals surface area contributed by atoms with Crippen LogP contribution in [0.2, 0.25) is 0 Å². The van der Waals surface area contributed by atoms with Crippen LogP contribution in [-0.4, -0.2) is 43.3 Å². The molecule has 7 heteroatoms. The van der Waals surface area contributed by atoms with Gasteiger partial charge in [-0.05, 0) is 55.7 Å². The molecule has 1 aliphatic rings. The molecule has 2 aromatic rings. The van der Waals surface area contributed by atoms with Gasteiger partial charge in [-0.2, -0.15) is 0 Å². The Hall–Kier alpha value is -2.54. The van der Waals surface area contributed by atoms with Crippen LogP contribution in [-0.2, 0) is 16.0 Å². The van der Waals surface area contributed by atoms with Crippen molar-refractivity contribution in [3.05, 3.63) is 29.5 Å². The Kier molecular flexibility index (Phi) is 7.14. The van der Waals surface area contributed by atoms with Gasteiger partial charge in [0.05, 0.1) is 13.7 Å². The number of carbonyl (C=O) groups excluding carboxylic acids is 2. The number of benzene rings is 1. The van der Waals surface area contributed by atoms with Crippen molar-refractivity contribution < 1.29 is 28.6 Å². The summed E-state index contributed by atoms with van der Waals surface area (Å²) in [6.07, 6.45) is 6.03. The number of esters is 1. The molecule has 3 rings (SSSR count). The third-order valence-corrected chi connectivity index (χ3v) is 5.45. The Labute approximate surface area is 170 Å². The fourth-order valence-electron chi connectivity index (χ4n) is 3.72. The minimum Gasteiger partial charge on any atom is -0.493 e. The molecule has 1 amide bonds. The highest BCUT2D eigenvalue weighted by Gasteiger charge is 2.25. The van der Waals surface area contributed by atoms with E-state index in [0.717, 1.165) is 31.2 Å². The van der Waals surface area contributed by atoms with Crippen molar-refractivity contribution >= 4 is 22.8 Å². The van der Waals surface area contributed by atoms with Crippen molar-refractivity contribution in [2.45, 2.75) is 51.6 Å². The van der Waals surface area contributed by atoms with E-state index in [2.05, 4.69) is 12.2 Å². The van der Waals surface area contributed by atoms with Crippen LogP contribution in [0.3, 0.4) is 0 Å². The predicted octanol–water partition coefficient (Wildman–Crippen LogP) is 3.22. The van der Waals surface area contributed by atoms with Crippen molar-refractivity contribution in [1.82, 2.24) is 5.32 Å².